The van der Waals surface area contributed by atoms with Gasteiger partial charge in [0.1, 0.15) is 0 Å². The number of hydrazine groups is 1. The van der Waals surface area contributed by atoms with Gasteiger partial charge in [0.05, 0.1) is 11.3 Å². The van der Waals surface area contributed by atoms with Crippen molar-refractivity contribution in [3.8, 4) is 0 Å². The van der Waals surface area contributed by atoms with Crippen LogP contribution < -0.4 is 10.9 Å². The van der Waals surface area contributed by atoms with E-state index in [4.69, 9.17) is 5.84 Å². The molecule has 0 amide bonds. The second-order valence-corrected chi connectivity index (χ2v) is 3.64. The highest BCUT2D eigenvalue weighted by atomic mass is 19.4. The predicted octanol–water partition coefficient (Wildman–Crippen LogP) is 2.33. The number of nitrogens with two attached hydrogens (primary N) is 1. The molecule has 0 saturated heterocycles. The summed E-state index contributed by atoms with van der Waals surface area (Å²) in [4.78, 5) is 0. The van der Waals surface area contributed by atoms with Gasteiger partial charge in [-0.05, 0) is 36.6 Å². The van der Waals surface area contributed by atoms with Crippen LogP contribution in [0.2, 0.25) is 0 Å². The van der Waals surface area contributed by atoms with Crippen LogP contribution >= 0.6 is 0 Å². The Hall–Kier alpha value is -1.23. The predicted molar refractivity (Wildman–Crippen MR) is 51.3 cm³/mol. The third-order valence-corrected chi connectivity index (χ3v) is 2.56. The third kappa shape index (κ3) is 1.92. The molecule has 0 bridgehead atoms. The van der Waals surface area contributed by atoms with Gasteiger partial charge in [0, 0.05) is 6.54 Å². The van der Waals surface area contributed by atoms with Crippen molar-refractivity contribution < 1.29 is 13.2 Å². The summed E-state index contributed by atoms with van der Waals surface area (Å²) in [5.41, 5.74) is 0.782. The largest absolute Gasteiger partial charge is 0.416 e. The first-order valence-electron chi connectivity index (χ1n) is 4.71. The van der Waals surface area contributed by atoms with Crippen LogP contribution in [-0.4, -0.2) is 6.54 Å². The normalized spacial score (nSPS) is 16.4. The lowest BCUT2D eigenvalue weighted by Crippen LogP contribution is -2.35. The van der Waals surface area contributed by atoms with Crippen molar-refractivity contribution >= 4 is 5.69 Å². The Morgan fingerprint density at radius 3 is 2.67 bits per heavy atom. The first-order chi connectivity index (χ1) is 6.98. The molecule has 1 aliphatic heterocycles. The Balaban J connectivity index is 2.42. The summed E-state index contributed by atoms with van der Waals surface area (Å²) >= 11 is 0. The topological polar surface area (TPSA) is 29.3 Å². The second-order valence-electron chi connectivity index (χ2n) is 3.64. The molecule has 15 heavy (non-hydrogen) atoms. The van der Waals surface area contributed by atoms with Crippen LogP contribution in [0.15, 0.2) is 18.2 Å². The number of halogens is 3. The van der Waals surface area contributed by atoms with Crippen molar-refractivity contribution in [1.29, 1.82) is 0 Å². The first kappa shape index (κ1) is 10.3. The minimum absolute atomic E-state index is 0.600. The molecule has 1 aromatic carbocycles. The second kappa shape index (κ2) is 3.41. The van der Waals surface area contributed by atoms with E-state index in [1.165, 1.54) is 17.1 Å². The van der Waals surface area contributed by atoms with E-state index < -0.39 is 11.7 Å². The smallest absolute Gasteiger partial charge is 0.311 e. The fraction of sp³-hybridized carbons (Fsp3) is 0.400. The summed E-state index contributed by atoms with van der Waals surface area (Å²) in [6, 6.07) is 3.70. The minimum Gasteiger partial charge on any atom is -0.311 e. The maximum atomic E-state index is 12.4. The number of fused-ring (bicyclic) bond motifs is 1. The SMILES string of the molecule is NN1CCCc2cc(C(F)(F)F)ccc21. The fourth-order valence-corrected chi connectivity index (χ4v) is 1.80. The molecule has 0 unspecified atom stereocenters. The fourth-order valence-electron chi connectivity index (χ4n) is 1.80. The van der Waals surface area contributed by atoms with Crippen LogP contribution in [0.1, 0.15) is 17.5 Å². The van der Waals surface area contributed by atoms with Gasteiger partial charge in [-0.25, -0.2) is 5.84 Å². The molecule has 0 saturated carbocycles. The van der Waals surface area contributed by atoms with Crippen molar-refractivity contribution in [2.24, 2.45) is 5.84 Å². The zero-order valence-electron chi connectivity index (χ0n) is 8.01. The van der Waals surface area contributed by atoms with Gasteiger partial charge < -0.3 is 5.01 Å². The van der Waals surface area contributed by atoms with E-state index >= 15 is 0 Å². The van der Waals surface area contributed by atoms with Crippen molar-refractivity contribution in [2.75, 3.05) is 11.6 Å². The lowest BCUT2D eigenvalue weighted by Gasteiger charge is -2.27. The monoisotopic (exact) mass is 216 g/mol. The summed E-state index contributed by atoms with van der Waals surface area (Å²) in [6.45, 7) is 0.693. The molecule has 82 valence electrons. The number of rotatable bonds is 0. The van der Waals surface area contributed by atoms with E-state index in [9.17, 15) is 13.2 Å². The quantitative estimate of drug-likeness (QED) is 0.674. The number of hydrogen-bond acceptors (Lipinski definition) is 2. The zero-order chi connectivity index (χ0) is 11.1. The summed E-state index contributed by atoms with van der Waals surface area (Å²) in [7, 11) is 0. The van der Waals surface area contributed by atoms with E-state index in [1.807, 2.05) is 0 Å². The molecule has 1 heterocycles. The Morgan fingerprint density at radius 1 is 1.27 bits per heavy atom. The van der Waals surface area contributed by atoms with E-state index in [1.54, 1.807) is 0 Å². The average molecular weight is 216 g/mol. The van der Waals surface area contributed by atoms with Crippen LogP contribution in [0, 0.1) is 0 Å². The highest BCUT2D eigenvalue weighted by Crippen LogP contribution is 2.34. The molecule has 1 aromatic rings. The number of alkyl halides is 3. The number of hydrogen-bond donors (Lipinski definition) is 1. The number of nitrogens with zero attached hydrogens (tertiary/aromatic N) is 1. The van der Waals surface area contributed by atoms with Gasteiger partial charge in [-0.15, -0.1) is 0 Å². The van der Waals surface area contributed by atoms with Crippen LogP contribution in [0.4, 0.5) is 18.9 Å². The maximum absolute atomic E-state index is 12.4. The summed E-state index contributed by atoms with van der Waals surface area (Å²) in [6.07, 6.45) is -2.82. The molecule has 0 aromatic heterocycles. The molecule has 0 radical (unpaired) electrons. The molecule has 0 aliphatic carbocycles. The average Bonchev–Trinajstić information content (AvgIpc) is 2.16. The lowest BCUT2D eigenvalue weighted by molar-refractivity contribution is -0.137. The number of anilines is 1. The van der Waals surface area contributed by atoms with Crippen molar-refractivity contribution in [1.82, 2.24) is 0 Å². The van der Waals surface area contributed by atoms with Gasteiger partial charge in [0.25, 0.3) is 0 Å². The van der Waals surface area contributed by atoms with E-state index in [0.29, 0.717) is 24.2 Å². The van der Waals surface area contributed by atoms with Gasteiger partial charge >= 0.3 is 6.18 Å². The van der Waals surface area contributed by atoms with Crippen LogP contribution in [0.3, 0.4) is 0 Å². The molecule has 2 N–H and O–H groups in total. The summed E-state index contributed by atoms with van der Waals surface area (Å²) in [5, 5.41) is 1.50. The molecule has 2 nitrogen and oxygen atoms in total. The number of aryl methyl sites for hydroxylation is 1. The van der Waals surface area contributed by atoms with Crippen molar-refractivity contribution in [3.63, 3.8) is 0 Å². The molecule has 0 spiro atoms. The minimum atomic E-state index is -4.27. The summed E-state index contributed by atoms with van der Waals surface area (Å²) < 4.78 is 37.2. The molecule has 0 fully saturated rings. The van der Waals surface area contributed by atoms with E-state index in [0.717, 1.165) is 12.5 Å². The molecule has 2 rings (SSSR count). The van der Waals surface area contributed by atoms with Crippen molar-refractivity contribution in [3.05, 3.63) is 29.3 Å². The van der Waals surface area contributed by atoms with E-state index in [-0.39, 0.29) is 0 Å². The van der Waals surface area contributed by atoms with Crippen molar-refractivity contribution in [2.45, 2.75) is 19.0 Å². The van der Waals surface area contributed by atoms with Gasteiger partial charge in [-0.1, -0.05) is 0 Å². The van der Waals surface area contributed by atoms with Gasteiger partial charge in [-0.2, -0.15) is 13.2 Å². The molecule has 5 heteroatoms. The number of benzene rings is 1. The standard InChI is InChI=1S/C10H11F3N2/c11-10(12,13)8-3-4-9-7(6-8)2-1-5-15(9)14/h3-4,6H,1-2,5,14H2. The van der Waals surface area contributed by atoms with Gasteiger partial charge in [0.2, 0.25) is 0 Å². The van der Waals surface area contributed by atoms with Crippen LogP contribution in [0.5, 0.6) is 0 Å². The first-order valence-corrected chi connectivity index (χ1v) is 4.71. The molecular weight excluding hydrogens is 205 g/mol. The zero-order valence-corrected chi connectivity index (χ0v) is 8.01. The molecule has 0 atom stereocenters. The Labute approximate surface area is 85.5 Å². The van der Waals surface area contributed by atoms with Crippen LogP contribution in [0.25, 0.3) is 0 Å². The Kier molecular flexibility index (Phi) is 2.34. The molecule has 1 aliphatic rings. The lowest BCUT2D eigenvalue weighted by atomic mass is 10.0. The van der Waals surface area contributed by atoms with Crippen LogP contribution in [-0.2, 0) is 12.6 Å². The Bertz CT molecular complexity index is 373. The highest BCUT2D eigenvalue weighted by molar-refractivity contribution is 5.55. The Morgan fingerprint density at radius 2 is 2.00 bits per heavy atom. The maximum Gasteiger partial charge on any atom is 0.416 e. The summed E-state index contributed by atoms with van der Waals surface area (Å²) in [5.74, 6) is 5.66. The molecular formula is C10H11F3N2. The highest BCUT2D eigenvalue weighted by Gasteiger charge is 2.31. The van der Waals surface area contributed by atoms with Gasteiger partial charge in [-0.3, -0.25) is 0 Å². The third-order valence-electron chi connectivity index (χ3n) is 2.56. The van der Waals surface area contributed by atoms with E-state index in [2.05, 4.69) is 0 Å². The van der Waals surface area contributed by atoms with Gasteiger partial charge in [0.15, 0.2) is 0 Å².